The molecule has 0 spiro atoms. The number of amides is 2. The van der Waals surface area contributed by atoms with E-state index in [-0.39, 0.29) is 12.5 Å². The average molecular weight is 250 g/mol. The zero-order valence-electron chi connectivity index (χ0n) is 10.2. The van der Waals surface area contributed by atoms with E-state index in [1.165, 1.54) is 0 Å². The number of primary amides is 1. The molecule has 0 atom stereocenters. The Kier molecular flexibility index (Phi) is 6.32. The number of nitrogens with one attached hydrogen (secondary N) is 1. The van der Waals surface area contributed by atoms with Gasteiger partial charge in [-0.25, -0.2) is 4.79 Å². The molecule has 18 heavy (non-hydrogen) atoms. The van der Waals surface area contributed by atoms with Gasteiger partial charge in [-0.15, -0.1) is 0 Å². The van der Waals surface area contributed by atoms with Crippen LogP contribution < -0.4 is 11.1 Å². The van der Waals surface area contributed by atoms with Gasteiger partial charge in [0.1, 0.15) is 6.61 Å². The summed E-state index contributed by atoms with van der Waals surface area (Å²) in [5.41, 5.74) is 5.72. The predicted octanol–water partition coefficient (Wildman–Crippen LogP) is 1.57. The lowest BCUT2D eigenvalue weighted by Crippen LogP contribution is -2.28. The monoisotopic (exact) mass is 250 g/mol. The van der Waals surface area contributed by atoms with Gasteiger partial charge in [0.05, 0.1) is 0 Å². The molecule has 1 saturated heterocycles. The van der Waals surface area contributed by atoms with Gasteiger partial charge < -0.3 is 15.8 Å². The third-order valence-corrected chi connectivity index (χ3v) is 2.38. The number of piperidine rings is 1. The smallest absolute Gasteiger partial charge is 0.404 e. The Morgan fingerprint density at radius 3 is 2.44 bits per heavy atom. The summed E-state index contributed by atoms with van der Waals surface area (Å²) in [5.74, 6) is 0.214. The van der Waals surface area contributed by atoms with Gasteiger partial charge in [0.25, 0.3) is 0 Å². The van der Waals surface area contributed by atoms with E-state index in [0.717, 1.165) is 31.4 Å². The minimum atomic E-state index is -0.742. The van der Waals surface area contributed by atoms with Gasteiger partial charge >= 0.3 is 6.09 Å². The number of benzene rings is 1. The maximum atomic E-state index is 10.4. The molecule has 2 rings (SSSR count). The first-order valence-corrected chi connectivity index (χ1v) is 5.91. The first-order valence-electron chi connectivity index (χ1n) is 5.91. The second-order valence-electron chi connectivity index (χ2n) is 3.90. The highest BCUT2D eigenvalue weighted by atomic mass is 16.5. The molecule has 0 radical (unpaired) electrons. The quantitative estimate of drug-likeness (QED) is 0.835. The highest BCUT2D eigenvalue weighted by Crippen LogP contribution is 1.99. The Balaban J connectivity index is 0.000000199. The van der Waals surface area contributed by atoms with Crippen LogP contribution in [0.4, 0.5) is 4.79 Å². The highest BCUT2D eigenvalue weighted by molar-refractivity contribution is 5.76. The van der Waals surface area contributed by atoms with E-state index in [4.69, 9.17) is 5.73 Å². The molecule has 98 valence electrons. The van der Waals surface area contributed by atoms with Crippen molar-refractivity contribution >= 4 is 12.0 Å². The number of ether oxygens (including phenoxy) is 1. The third-order valence-electron chi connectivity index (χ3n) is 2.38. The van der Waals surface area contributed by atoms with Crippen LogP contribution in [0, 0.1) is 0 Å². The SMILES string of the molecule is NC(=O)OCc1ccccc1.O=C1CCCCN1. The Hall–Kier alpha value is -2.04. The standard InChI is InChI=1S/C8H9NO2.C5H9NO/c9-8(10)11-6-7-4-2-1-3-5-7;7-5-3-1-2-4-6-5/h1-5H,6H2,(H2,9,10);1-4H2,(H,6,7). The van der Waals surface area contributed by atoms with E-state index in [2.05, 4.69) is 10.1 Å². The number of hydrogen-bond acceptors (Lipinski definition) is 3. The van der Waals surface area contributed by atoms with Crippen LogP contribution in [0.2, 0.25) is 0 Å². The molecule has 0 bridgehead atoms. The molecule has 5 nitrogen and oxygen atoms in total. The molecule has 1 fully saturated rings. The van der Waals surface area contributed by atoms with Crippen molar-refractivity contribution in [2.24, 2.45) is 5.73 Å². The van der Waals surface area contributed by atoms with Crippen LogP contribution in [-0.4, -0.2) is 18.5 Å². The molecule has 1 aromatic carbocycles. The fourth-order valence-electron chi connectivity index (χ4n) is 1.46. The summed E-state index contributed by atoms with van der Waals surface area (Å²) < 4.78 is 4.57. The number of carbonyl (C=O) groups excluding carboxylic acids is 2. The van der Waals surface area contributed by atoms with Crippen molar-refractivity contribution in [3.05, 3.63) is 35.9 Å². The molecular formula is C13H18N2O3. The number of hydrogen-bond donors (Lipinski definition) is 2. The Morgan fingerprint density at radius 1 is 1.28 bits per heavy atom. The van der Waals surface area contributed by atoms with Crippen molar-refractivity contribution in [3.8, 4) is 0 Å². The number of carbonyl (C=O) groups is 2. The molecule has 2 amide bonds. The first-order chi connectivity index (χ1) is 8.68. The van der Waals surface area contributed by atoms with Gasteiger partial charge in [-0.2, -0.15) is 0 Å². The van der Waals surface area contributed by atoms with E-state index >= 15 is 0 Å². The van der Waals surface area contributed by atoms with Gasteiger partial charge in [0.15, 0.2) is 0 Å². The minimum absolute atomic E-state index is 0.214. The van der Waals surface area contributed by atoms with E-state index in [1.807, 2.05) is 30.3 Å². The molecule has 0 aromatic heterocycles. The Morgan fingerprint density at radius 2 is 2.00 bits per heavy atom. The van der Waals surface area contributed by atoms with Crippen molar-refractivity contribution in [3.63, 3.8) is 0 Å². The molecule has 0 unspecified atom stereocenters. The summed E-state index contributed by atoms with van der Waals surface area (Å²) in [6.45, 7) is 1.13. The van der Waals surface area contributed by atoms with Crippen LogP contribution in [0.25, 0.3) is 0 Å². The highest BCUT2D eigenvalue weighted by Gasteiger charge is 2.04. The maximum absolute atomic E-state index is 10.4. The van der Waals surface area contributed by atoms with Crippen LogP contribution in [-0.2, 0) is 16.1 Å². The minimum Gasteiger partial charge on any atom is -0.445 e. The van der Waals surface area contributed by atoms with Gasteiger partial charge in [-0.1, -0.05) is 30.3 Å². The third kappa shape index (κ3) is 6.52. The van der Waals surface area contributed by atoms with Gasteiger partial charge in [0.2, 0.25) is 5.91 Å². The topological polar surface area (TPSA) is 81.4 Å². The van der Waals surface area contributed by atoms with Gasteiger partial charge in [-0.3, -0.25) is 4.79 Å². The predicted molar refractivity (Wildman–Crippen MR) is 67.7 cm³/mol. The normalized spacial score (nSPS) is 13.9. The summed E-state index contributed by atoms with van der Waals surface area (Å²) in [6, 6.07) is 9.37. The summed E-state index contributed by atoms with van der Waals surface area (Å²) in [4.78, 5) is 20.5. The first kappa shape index (κ1) is 14.0. The number of rotatable bonds is 2. The molecule has 0 aliphatic carbocycles. The van der Waals surface area contributed by atoms with Crippen molar-refractivity contribution in [2.75, 3.05) is 6.54 Å². The van der Waals surface area contributed by atoms with Gasteiger partial charge in [0, 0.05) is 13.0 Å². The zero-order chi connectivity index (χ0) is 13.2. The molecular weight excluding hydrogens is 232 g/mol. The van der Waals surface area contributed by atoms with Crippen molar-refractivity contribution < 1.29 is 14.3 Å². The van der Waals surface area contributed by atoms with E-state index in [9.17, 15) is 9.59 Å². The summed E-state index contributed by atoms with van der Waals surface area (Å²) in [6.07, 6.45) is 2.23. The lowest BCUT2D eigenvalue weighted by atomic mass is 10.2. The summed E-state index contributed by atoms with van der Waals surface area (Å²) in [5, 5.41) is 2.74. The number of nitrogens with two attached hydrogens (primary N) is 1. The van der Waals surface area contributed by atoms with Crippen molar-refractivity contribution in [1.82, 2.24) is 5.32 Å². The second-order valence-corrected chi connectivity index (χ2v) is 3.90. The molecule has 5 heteroatoms. The molecule has 0 saturated carbocycles. The van der Waals surface area contributed by atoms with E-state index in [1.54, 1.807) is 0 Å². The van der Waals surface area contributed by atoms with Crippen molar-refractivity contribution in [2.45, 2.75) is 25.9 Å². The molecule has 1 aliphatic rings. The van der Waals surface area contributed by atoms with E-state index < -0.39 is 6.09 Å². The van der Waals surface area contributed by atoms with E-state index in [0.29, 0.717) is 0 Å². The van der Waals surface area contributed by atoms with Crippen LogP contribution in [0.5, 0.6) is 0 Å². The molecule has 1 aliphatic heterocycles. The molecule has 1 aromatic rings. The van der Waals surface area contributed by atoms with Gasteiger partial charge in [-0.05, 0) is 18.4 Å². The maximum Gasteiger partial charge on any atom is 0.404 e. The Bertz CT molecular complexity index is 371. The van der Waals surface area contributed by atoms with Crippen LogP contribution in [0.3, 0.4) is 0 Å². The molecule has 1 heterocycles. The van der Waals surface area contributed by atoms with Crippen LogP contribution in [0.1, 0.15) is 24.8 Å². The average Bonchev–Trinajstić information content (AvgIpc) is 2.39. The fourth-order valence-corrected chi connectivity index (χ4v) is 1.46. The zero-order valence-corrected chi connectivity index (χ0v) is 10.2. The largest absolute Gasteiger partial charge is 0.445 e. The van der Waals surface area contributed by atoms with Crippen LogP contribution in [0.15, 0.2) is 30.3 Å². The Labute approximate surface area is 106 Å². The fraction of sp³-hybridized carbons (Fsp3) is 0.385. The van der Waals surface area contributed by atoms with Crippen LogP contribution >= 0.6 is 0 Å². The lowest BCUT2D eigenvalue weighted by Gasteiger charge is -2.08. The summed E-state index contributed by atoms with van der Waals surface area (Å²) in [7, 11) is 0. The summed E-state index contributed by atoms with van der Waals surface area (Å²) >= 11 is 0. The lowest BCUT2D eigenvalue weighted by molar-refractivity contribution is -0.122. The van der Waals surface area contributed by atoms with Crippen molar-refractivity contribution in [1.29, 1.82) is 0 Å². The second kappa shape index (κ2) is 8.11. The molecule has 3 N–H and O–H groups in total.